The first-order chi connectivity index (χ1) is 15.4. The predicted octanol–water partition coefficient (Wildman–Crippen LogP) is 2.65. The molecule has 1 aliphatic heterocycles. The van der Waals surface area contributed by atoms with E-state index in [0.29, 0.717) is 48.5 Å². The number of piperidine rings is 1. The predicted molar refractivity (Wildman–Crippen MR) is 125 cm³/mol. The summed E-state index contributed by atoms with van der Waals surface area (Å²) in [5.74, 6) is -0.489. The van der Waals surface area contributed by atoms with Crippen LogP contribution in [0.1, 0.15) is 25.3 Å². The summed E-state index contributed by atoms with van der Waals surface area (Å²) in [6, 6.07) is 17.0. The Bertz CT molecular complexity index is 1190. The van der Waals surface area contributed by atoms with Crippen molar-refractivity contribution in [1.29, 1.82) is 0 Å². The largest absolute Gasteiger partial charge is 0.369 e. The minimum atomic E-state index is -0.421. The van der Waals surface area contributed by atoms with Gasteiger partial charge >= 0.3 is 0 Å². The molecule has 1 atom stereocenters. The standard InChI is InChI=1S/C24H26N4O3S/c1-16(22(30)27-13-11-18(12-14-27)21(25)29)32-24-26-20-10-6-5-9-19(20)23(31)28(24)15-17-7-3-2-4-8-17/h2-10,16,18H,11-15H2,1H3,(H2,25,29). The molecule has 2 aromatic carbocycles. The van der Waals surface area contributed by atoms with Crippen molar-refractivity contribution in [2.45, 2.75) is 36.7 Å². The van der Waals surface area contributed by atoms with E-state index in [9.17, 15) is 14.4 Å². The molecule has 2 N–H and O–H groups in total. The molecule has 1 aromatic heterocycles. The van der Waals surface area contributed by atoms with E-state index in [-0.39, 0.29) is 23.3 Å². The third-order valence-electron chi connectivity index (χ3n) is 5.85. The number of nitrogens with zero attached hydrogens (tertiary/aromatic N) is 3. The van der Waals surface area contributed by atoms with Gasteiger partial charge < -0.3 is 10.6 Å². The van der Waals surface area contributed by atoms with Gasteiger partial charge in [0.2, 0.25) is 11.8 Å². The number of likely N-dealkylation sites (tertiary alicyclic amines) is 1. The number of thioether (sulfide) groups is 1. The first kappa shape index (κ1) is 22.1. The number of benzene rings is 2. The van der Waals surface area contributed by atoms with Crippen LogP contribution in [0.3, 0.4) is 0 Å². The molecule has 8 heteroatoms. The number of hydrogen-bond donors (Lipinski definition) is 1. The summed E-state index contributed by atoms with van der Waals surface area (Å²) in [6.07, 6.45) is 1.18. The molecule has 0 saturated carbocycles. The first-order valence-electron chi connectivity index (χ1n) is 10.7. The average molecular weight is 451 g/mol. The lowest BCUT2D eigenvalue weighted by Crippen LogP contribution is -2.44. The number of nitrogens with two attached hydrogens (primary N) is 1. The number of primary amides is 1. The molecule has 1 saturated heterocycles. The molecule has 166 valence electrons. The number of aromatic nitrogens is 2. The maximum Gasteiger partial charge on any atom is 0.262 e. The molecule has 4 rings (SSSR count). The van der Waals surface area contributed by atoms with Crippen LogP contribution < -0.4 is 11.3 Å². The SMILES string of the molecule is CC(Sc1nc2ccccc2c(=O)n1Cc1ccccc1)C(=O)N1CCC(C(N)=O)CC1. The number of carbonyl (C=O) groups is 2. The second-order valence-corrected chi connectivity index (χ2v) is 9.36. The van der Waals surface area contributed by atoms with Gasteiger partial charge in [-0.05, 0) is 37.5 Å². The minimum Gasteiger partial charge on any atom is -0.369 e. The molecule has 1 aliphatic rings. The van der Waals surface area contributed by atoms with Crippen LogP contribution in [0.5, 0.6) is 0 Å². The van der Waals surface area contributed by atoms with Crippen LogP contribution in [-0.2, 0) is 16.1 Å². The molecule has 2 heterocycles. The van der Waals surface area contributed by atoms with Gasteiger partial charge in [-0.15, -0.1) is 0 Å². The van der Waals surface area contributed by atoms with Crippen LogP contribution in [0, 0.1) is 5.92 Å². The van der Waals surface area contributed by atoms with Gasteiger partial charge in [0.05, 0.1) is 22.7 Å². The summed E-state index contributed by atoms with van der Waals surface area (Å²) >= 11 is 1.30. The average Bonchev–Trinajstić information content (AvgIpc) is 2.81. The molecular formula is C24H26N4O3S. The number of hydrogen-bond acceptors (Lipinski definition) is 5. The summed E-state index contributed by atoms with van der Waals surface area (Å²) in [5, 5.41) is 0.654. The summed E-state index contributed by atoms with van der Waals surface area (Å²) < 4.78 is 1.64. The highest BCUT2D eigenvalue weighted by Crippen LogP contribution is 2.26. The van der Waals surface area contributed by atoms with Crippen molar-refractivity contribution in [3.63, 3.8) is 0 Å². The smallest absolute Gasteiger partial charge is 0.262 e. The Labute approximate surface area is 190 Å². The van der Waals surface area contributed by atoms with Crippen LogP contribution in [0.4, 0.5) is 0 Å². The monoisotopic (exact) mass is 450 g/mol. The highest BCUT2D eigenvalue weighted by atomic mass is 32.2. The quantitative estimate of drug-likeness (QED) is 0.460. The van der Waals surface area contributed by atoms with Crippen molar-refractivity contribution in [3.8, 4) is 0 Å². The van der Waals surface area contributed by atoms with Crippen LogP contribution in [-0.4, -0.2) is 44.6 Å². The summed E-state index contributed by atoms with van der Waals surface area (Å²) in [6.45, 7) is 3.24. The maximum atomic E-state index is 13.3. The van der Waals surface area contributed by atoms with Crippen molar-refractivity contribution >= 4 is 34.5 Å². The molecule has 0 spiro atoms. The molecule has 7 nitrogen and oxygen atoms in total. The molecule has 1 unspecified atom stereocenters. The maximum absolute atomic E-state index is 13.3. The second kappa shape index (κ2) is 9.56. The van der Waals surface area contributed by atoms with Gasteiger partial charge in [-0.25, -0.2) is 4.98 Å². The number of amides is 2. The van der Waals surface area contributed by atoms with Gasteiger partial charge in [-0.2, -0.15) is 0 Å². The Morgan fingerprint density at radius 1 is 1.09 bits per heavy atom. The highest BCUT2D eigenvalue weighted by Gasteiger charge is 2.29. The summed E-state index contributed by atoms with van der Waals surface area (Å²) in [7, 11) is 0. The van der Waals surface area contributed by atoms with Gasteiger partial charge in [-0.1, -0.05) is 54.2 Å². The zero-order chi connectivity index (χ0) is 22.7. The Balaban J connectivity index is 1.60. The van der Waals surface area contributed by atoms with Crippen molar-refractivity contribution in [2.24, 2.45) is 11.7 Å². The molecule has 0 aliphatic carbocycles. The number of para-hydroxylation sites is 1. The van der Waals surface area contributed by atoms with Crippen molar-refractivity contribution in [2.75, 3.05) is 13.1 Å². The van der Waals surface area contributed by atoms with Crippen LogP contribution >= 0.6 is 11.8 Å². The van der Waals surface area contributed by atoms with Gasteiger partial charge in [0.1, 0.15) is 0 Å². The first-order valence-corrected chi connectivity index (χ1v) is 11.6. The van der Waals surface area contributed by atoms with E-state index in [0.717, 1.165) is 5.56 Å². The zero-order valence-electron chi connectivity index (χ0n) is 17.9. The van der Waals surface area contributed by atoms with E-state index >= 15 is 0 Å². The van der Waals surface area contributed by atoms with Crippen molar-refractivity contribution in [3.05, 3.63) is 70.5 Å². The molecule has 1 fully saturated rings. The highest BCUT2D eigenvalue weighted by molar-refractivity contribution is 8.00. The van der Waals surface area contributed by atoms with Gasteiger partial charge in [0.15, 0.2) is 5.16 Å². The number of carbonyl (C=O) groups excluding carboxylic acids is 2. The third-order valence-corrected chi connectivity index (χ3v) is 6.93. The van der Waals surface area contributed by atoms with Crippen molar-refractivity contribution in [1.82, 2.24) is 14.5 Å². The summed E-state index contributed by atoms with van der Waals surface area (Å²) in [4.78, 5) is 44.3. The second-order valence-electron chi connectivity index (χ2n) is 8.05. The molecule has 32 heavy (non-hydrogen) atoms. The van der Waals surface area contributed by atoms with E-state index in [1.54, 1.807) is 15.5 Å². The van der Waals surface area contributed by atoms with Gasteiger partial charge in [0, 0.05) is 19.0 Å². The lowest BCUT2D eigenvalue weighted by molar-refractivity contribution is -0.134. The molecule has 3 aromatic rings. The fraction of sp³-hybridized carbons (Fsp3) is 0.333. The molecular weight excluding hydrogens is 424 g/mol. The van der Waals surface area contributed by atoms with E-state index < -0.39 is 5.25 Å². The number of rotatable bonds is 6. The van der Waals surface area contributed by atoms with Crippen molar-refractivity contribution < 1.29 is 9.59 Å². The lowest BCUT2D eigenvalue weighted by atomic mass is 9.96. The molecule has 2 amide bonds. The van der Waals surface area contributed by atoms with Crippen LogP contribution in [0.2, 0.25) is 0 Å². The Morgan fingerprint density at radius 3 is 2.44 bits per heavy atom. The fourth-order valence-electron chi connectivity index (χ4n) is 3.99. The third kappa shape index (κ3) is 4.70. The van der Waals surface area contributed by atoms with Gasteiger partial charge in [0.25, 0.3) is 5.56 Å². The molecule has 0 bridgehead atoms. The summed E-state index contributed by atoms with van der Waals surface area (Å²) in [5.41, 5.74) is 6.89. The Hall–Kier alpha value is -3.13. The van der Waals surface area contributed by atoms with E-state index in [1.807, 2.05) is 55.5 Å². The normalized spacial score (nSPS) is 15.6. The number of fused-ring (bicyclic) bond motifs is 1. The van der Waals surface area contributed by atoms with Gasteiger partial charge in [-0.3, -0.25) is 19.0 Å². The molecule has 0 radical (unpaired) electrons. The van der Waals surface area contributed by atoms with E-state index in [4.69, 9.17) is 10.7 Å². The van der Waals surface area contributed by atoms with E-state index in [1.165, 1.54) is 11.8 Å². The Morgan fingerprint density at radius 2 is 1.75 bits per heavy atom. The minimum absolute atomic E-state index is 0.0217. The fourth-order valence-corrected chi connectivity index (χ4v) is 4.98. The zero-order valence-corrected chi connectivity index (χ0v) is 18.8. The van der Waals surface area contributed by atoms with Crippen LogP contribution in [0.15, 0.2) is 64.5 Å². The Kier molecular flexibility index (Phi) is 6.60. The van der Waals surface area contributed by atoms with Crippen LogP contribution in [0.25, 0.3) is 10.9 Å². The van der Waals surface area contributed by atoms with E-state index in [2.05, 4.69) is 0 Å². The lowest BCUT2D eigenvalue weighted by Gasteiger charge is -2.32. The topological polar surface area (TPSA) is 98.3 Å².